The topological polar surface area (TPSA) is 49.6 Å². The van der Waals surface area contributed by atoms with Gasteiger partial charge in [0, 0.05) is 19.6 Å². The van der Waals surface area contributed by atoms with Gasteiger partial charge in [-0.15, -0.1) is 0 Å². The van der Waals surface area contributed by atoms with Gasteiger partial charge in [0.05, 0.1) is 17.1 Å². The van der Waals surface area contributed by atoms with E-state index >= 15 is 0 Å². The minimum absolute atomic E-state index is 0.103. The molecule has 4 heterocycles. The summed E-state index contributed by atoms with van der Waals surface area (Å²) in [5, 5.41) is 3.00. The summed E-state index contributed by atoms with van der Waals surface area (Å²) >= 11 is 0. The van der Waals surface area contributed by atoms with Crippen LogP contribution in [0.4, 0.5) is 5.82 Å². The molecule has 0 aliphatic carbocycles. The number of amides is 1. The summed E-state index contributed by atoms with van der Waals surface area (Å²) in [5.74, 6) is 1.45. The Bertz CT molecular complexity index is 697. The standard InChI is InChI=1S/C16H20N4O/c1-12-8-13-10-17-11-20(13)14(9-12)19-6-3-16(4-7-19)2-5-18-15(16)21/h8-11H,2-7H2,1H3,(H,18,21). The van der Waals surface area contributed by atoms with Crippen molar-refractivity contribution in [2.75, 3.05) is 24.5 Å². The number of aryl methyl sites for hydroxylation is 1. The minimum atomic E-state index is -0.103. The molecule has 0 atom stereocenters. The Labute approximate surface area is 124 Å². The van der Waals surface area contributed by atoms with Crippen LogP contribution in [-0.2, 0) is 4.79 Å². The van der Waals surface area contributed by atoms with Gasteiger partial charge in [-0.25, -0.2) is 4.98 Å². The van der Waals surface area contributed by atoms with Crippen molar-refractivity contribution in [3.05, 3.63) is 30.2 Å². The number of carbonyl (C=O) groups excluding carboxylic acids is 1. The number of hydrogen-bond donors (Lipinski definition) is 1. The van der Waals surface area contributed by atoms with Crippen molar-refractivity contribution >= 4 is 17.2 Å². The summed E-state index contributed by atoms with van der Waals surface area (Å²) in [6.07, 6.45) is 6.66. The number of fused-ring (bicyclic) bond motifs is 1. The summed E-state index contributed by atoms with van der Waals surface area (Å²) in [4.78, 5) is 18.7. The van der Waals surface area contributed by atoms with E-state index in [-0.39, 0.29) is 11.3 Å². The number of nitrogens with one attached hydrogen (secondary N) is 1. The van der Waals surface area contributed by atoms with Crippen LogP contribution in [0.5, 0.6) is 0 Å². The Kier molecular flexibility index (Phi) is 2.71. The van der Waals surface area contributed by atoms with Gasteiger partial charge in [0.15, 0.2) is 0 Å². The molecule has 0 aromatic carbocycles. The van der Waals surface area contributed by atoms with Crippen molar-refractivity contribution in [3.63, 3.8) is 0 Å². The highest BCUT2D eigenvalue weighted by Gasteiger charge is 2.44. The van der Waals surface area contributed by atoms with Crippen molar-refractivity contribution in [1.29, 1.82) is 0 Å². The number of carbonyl (C=O) groups is 1. The molecule has 1 N–H and O–H groups in total. The number of anilines is 1. The first-order valence-electron chi connectivity index (χ1n) is 7.64. The molecular formula is C16H20N4O. The van der Waals surface area contributed by atoms with Gasteiger partial charge in [-0.3, -0.25) is 9.20 Å². The molecule has 1 spiro atoms. The summed E-state index contributed by atoms with van der Waals surface area (Å²) in [5.41, 5.74) is 2.27. The summed E-state index contributed by atoms with van der Waals surface area (Å²) in [6.45, 7) is 4.83. The fraction of sp³-hybridized carbons (Fsp3) is 0.500. The van der Waals surface area contributed by atoms with E-state index in [4.69, 9.17) is 0 Å². The molecule has 0 unspecified atom stereocenters. The highest BCUT2D eigenvalue weighted by molar-refractivity contribution is 5.85. The summed E-state index contributed by atoms with van der Waals surface area (Å²) in [7, 11) is 0. The molecular weight excluding hydrogens is 264 g/mol. The number of nitrogens with zero attached hydrogens (tertiary/aromatic N) is 3. The number of imidazole rings is 1. The van der Waals surface area contributed by atoms with Crippen LogP contribution in [0, 0.1) is 12.3 Å². The van der Waals surface area contributed by atoms with Crippen molar-refractivity contribution in [3.8, 4) is 0 Å². The average Bonchev–Trinajstić information content (AvgIpc) is 3.07. The van der Waals surface area contributed by atoms with Gasteiger partial charge in [0.25, 0.3) is 0 Å². The van der Waals surface area contributed by atoms with Crippen LogP contribution in [0.15, 0.2) is 24.7 Å². The third-order valence-corrected chi connectivity index (χ3v) is 5.06. The van der Waals surface area contributed by atoms with Crippen molar-refractivity contribution < 1.29 is 4.79 Å². The zero-order valence-electron chi connectivity index (χ0n) is 12.3. The monoisotopic (exact) mass is 284 g/mol. The minimum Gasteiger partial charge on any atom is -0.358 e. The van der Waals surface area contributed by atoms with Crippen molar-refractivity contribution in [1.82, 2.24) is 14.7 Å². The Morgan fingerprint density at radius 1 is 1.24 bits per heavy atom. The molecule has 4 rings (SSSR count). The van der Waals surface area contributed by atoms with E-state index < -0.39 is 0 Å². The van der Waals surface area contributed by atoms with Gasteiger partial charge in [-0.2, -0.15) is 0 Å². The summed E-state index contributed by atoms with van der Waals surface area (Å²) in [6, 6.07) is 4.35. The lowest BCUT2D eigenvalue weighted by molar-refractivity contribution is -0.128. The van der Waals surface area contributed by atoms with Crippen LogP contribution in [-0.4, -0.2) is 34.9 Å². The zero-order chi connectivity index (χ0) is 14.4. The van der Waals surface area contributed by atoms with Crippen LogP contribution in [0.3, 0.4) is 0 Å². The predicted molar refractivity (Wildman–Crippen MR) is 81.4 cm³/mol. The Balaban J connectivity index is 1.63. The van der Waals surface area contributed by atoms with Gasteiger partial charge in [0.2, 0.25) is 5.91 Å². The molecule has 2 aromatic rings. The lowest BCUT2D eigenvalue weighted by Crippen LogP contribution is -2.44. The molecule has 2 aliphatic rings. The second kappa shape index (κ2) is 4.48. The maximum Gasteiger partial charge on any atom is 0.226 e. The van der Waals surface area contributed by atoms with Crippen LogP contribution in [0.25, 0.3) is 5.52 Å². The quantitative estimate of drug-likeness (QED) is 0.868. The van der Waals surface area contributed by atoms with Crippen molar-refractivity contribution in [2.24, 2.45) is 5.41 Å². The van der Waals surface area contributed by atoms with E-state index in [2.05, 4.69) is 38.7 Å². The molecule has 21 heavy (non-hydrogen) atoms. The average molecular weight is 284 g/mol. The van der Waals surface area contributed by atoms with Crippen LogP contribution in [0.1, 0.15) is 24.8 Å². The molecule has 2 aliphatic heterocycles. The fourth-order valence-electron chi connectivity index (χ4n) is 3.75. The van der Waals surface area contributed by atoms with Gasteiger partial charge in [-0.05, 0) is 43.9 Å². The second-order valence-electron chi connectivity index (χ2n) is 6.35. The molecule has 0 radical (unpaired) electrons. The third-order valence-electron chi connectivity index (χ3n) is 5.06. The van der Waals surface area contributed by atoms with E-state index in [1.165, 1.54) is 11.4 Å². The number of piperidine rings is 1. The predicted octanol–water partition coefficient (Wildman–Crippen LogP) is 1.75. The maximum absolute atomic E-state index is 12.1. The van der Waals surface area contributed by atoms with E-state index in [0.717, 1.165) is 44.4 Å². The number of aromatic nitrogens is 2. The second-order valence-corrected chi connectivity index (χ2v) is 6.35. The lowest BCUT2D eigenvalue weighted by atomic mass is 9.77. The number of hydrogen-bond acceptors (Lipinski definition) is 3. The Hall–Kier alpha value is -2.04. The van der Waals surface area contributed by atoms with Crippen LogP contribution >= 0.6 is 0 Å². The Morgan fingerprint density at radius 3 is 2.76 bits per heavy atom. The first-order chi connectivity index (χ1) is 10.2. The fourth-order valence-corrected chi connectivity index (χ4v) is 3.75. The van der Waals surface area contributed by atoms with Crippen LogP contribution < -0.4 is 10.2 Å². The van der Waals surface area contributed by atoms with Gasteiger partial charge < -0.3 is 10.2 Å². The van der Waals surface area contributed by atoms with E-state index in [0.29, 0.717) is 0 Å². The maximum atomic E-state index is 12.1. The van der Waals surface area contributed by atoms with Crippen LogP contribution in [0.2, 0.25) is 0 Å². The lowest BCUT2D eigenvalue weighted by Gasteiger charge is -2.38. The van der Waals surface area contributed by atoms with E-state index in [1.54, 1.807) is 0 Å². The molecule has 110 valence electrons. The third kappa shape index (κ3) is 1.91. The normalized spacial score (nSPS) is 21.2. The highest BCUT2D eigenvalue weighted by Crippen LogP contribution is 2.39. The molecule has 2 saturated heterocycles. The molecule has 2 aromatic heterocycles. The number of rotatable bonds is 1. The molecule has 5 heteroatoms. The molecule has 0 bridgehead atoms. The largest absolute Gasteiger partial charge is 0.358 e. The molecule has 0 saturated carbocycles. The van der Waals surface area contributed by atoms with E-state index in [1.807, 2.05) is 12.5 Å². The van der Waals surface area contributed by atoms with Crippen molar-refractivity contribution in [2.45, 2.75) is 26.2 Å². The van der Waals surface area contributed by atoms with Gasteiger partial charge >= 0.3 is 0 Å². The van der Waals surface area contributed by atoms with Gasteiger partial charge in [0.1, 0.15) is 12.1 Å². The zero-order valence-corrected chi connectivity index (χ0v) is 12.3. The first kappa shape index (κ1) is 12.7. The highest BCUT2D eigenvalue weighted by atomic mass is 16.2. The summed E-state index contributed by atoms with van der Waals surface area (Å²) < 4.78 is 2.14. The van der Waals surface area contributed by atoms with Gasteiger partial charge in [-0.1, -0.05) is 0 Å². The SMILES string of the molecule is Cc1cc(N2CCC3(CCNC3=O)CC2)n2cncc2c1. The molecule has 2 fully saturated rings. The van der Waals surface area contributed by atoms with E-state index in [9.17, 15) is 4.79 Å². The first-order valence-corrected chi connectivity index (χ1v) is 7.64. The molecule has 1 amide bonds. The smallest absolute Gasteiger partial charge is 0.226 e. The Morgan fingerprint density at radius 2 is 2.05 bits per heavy atom. The molecule has 5 nitrogen and oxygen atoms in total. The number of pyridine rings is 1.